The molecule has 3 heteroatoms. The molecular weight excluding hydrogens is 217 g/mol. The largest absolute Gasteiger partial charge is 0.389 e. The fraction of sp³-hybridized carbons (Fsp3) is 0.429. The molecular formula is C14H20FNO. The summed E-state index contributed by atoms with van der Waals surface area (Å²) in [7, 11) is 0. The van der Waals surface area contributed by atoms with E-state index in [1.165, 1.54) is 6.07 Å². The summed E-state index contributed by atoms with van der Waals surface area (Å²) in [5.41, 5.74) is 1.16. The molecule has 0 aliphatic rings. The molecule has 0 fully saturated rings. The Morgan fingerprint density at radius 1 is 1.53 bits per heavy atom. The Bertz CT molecular complexity index is 376. The normalized spacial score (nSPS) is 12.2. The van der Waals surface area contributed by atoms with Crippen molar-refractivity contribution in [2.24, 2.45) is 0 Å². The van der Waals surface area contributed by atoms with Crippen LogP contribution in [0.5, 0.6) is 0 Å². The molecule has 0 radical (unpaired) electrons. The van der Waals surface area contributed by atoms with Crippen LogP contribution in [0.2, 0.25) is 0 Å². The Morgan fingerprint density at radius 2 is 2.24 bits per heavy atom. The minimum absolute atomic E-state index is 0.293. The first-order valence-corrected chi connectivity index (χ1v) is 5.93. The molecule has 0 saturated carbocycles. The average molecular weight is 237 g/mol. The fourth-order valence-electron chi connectivity index (χ4n) is 1.78. The molecule has 0 spiro atoms. The maximum atomic E-state index is 13.9. The van der Waals surface area contributed by atoms with E-state index in [0.717, 1.165) is 13.0 Å². The maximum Gasteiger partial charge on any atom is 0.146 e. The number of aliphatic hydroxyl groups is 1. The van der Waals surface area contributed by atoms with Gasteiger partial charge in [-0.05, 0) is 31.0 Å². The molecule has 0 heterocycles. The lowest BCUT2D eigenvalue weighted by Crippen LogP contribution is -2.25. The molecule has 0 aliphatic heterocycles. The van der Waals surface area contributed by atoms with Gasteiger partial charge in [0.15, 0.2) is 0 Å². The van der Waals surface area contributed by atoms with Crippen LogP contribution in [0.15, 0.2) is 30.9 Å². The Kier molecular flexibility index (Phi) is 5.16. The van der Waals surface area contributed by atoms with Gasteiger partial charge in [-0.15, -0.1) is 6.58 Å². The van der Waals surface area contributed by atoms with E-state index in [0.29, 0.717) is 17.8 Å². The average Bonchev–Trinajstić information content (AvgIpc) is 2.28. The van der Waals surface area contributed by atoms with Gasteiger partial charge in [0.1, 0.15) is 5.82 Å². The monoisotopic (exact) mass is 237 g/mol. The molecule has 1 rings (SSSR count). The lowest BCUT2D eigenvalue weighted by molar-refractivity contribution is 0.199. The molecule has 17 heavy (non-hydrogen) atoms. The van der Waals surface area contributed by atoms with Crippen molar-refractivity contribution in [3.63, 3.8) is 0 Å². The number of halogens is 1. The number of hydrogen-bond acceptors (Lipinski definition) is 2. The minimum Gasteiger partial charge on any atom is -0.389 e. The Balaban J connectivity index is 2.99. The van der Waals surface area contributed by atoms with Gasteiger partial charge in [-0.2, -0.15) is 0 Å². The van der Waals surface area contributed by atoms with Crippen molar-refractivity contribution in [2.45, 2.75) is 26.4 Å². The molecule has 1 N–H and O–H groups in total. The first-order chi connectivity index (χ1) is 8.10. The summed E-state index contributed by atoms with van der Waals surface area (Å²) in [5, 5.41) is 9.39. The molecule has 1 aromatic rings. The van der Waals surface area contributed by atoms with Gasteiger partial charge in [-0.3, -0.25) is 0 Å². The molecule has 1 atom stereocenters. The second-order valence-corrected chi connectivity index (χ2v) is 4.12. The van der Waals surface area contributed by atoms with Crippen molar-refractivity contribution in [2.75, 3.05) is 18.0 Å². The number of hydrogen-bond donors (Lipinski definition) is 1. The number of anilines is 1. The molecule has 0 aromatic heterocycles. The van der Waals surface area contributed by atoms with E-state index in [4.69, 9.17) is 0 Å². The summed E-state index contributed by atoms with van der Waals surface area (Å²) >= 11 is 0. The smallest absolute Gasteiger partial charge is 0.146 e. The van der Waals surface area contributed by atoms with Crippen molar-refractivity contribution in [1.29, 1.82) is 0 Å². The minimum atomic E-state index is -0.641. The second kappa shape index (κ2) is 6.40. The van der Waals surface area contributed by atoms with Crippen LogP contribution in [0.25, 0.3) is 0 Å². The Hall–Kier alpha value is -1.35. The maximum absolute atomic E-state index is 13.9. The van der Waals surface area contributed by atoms with Crippen LogP contribution in [-0.4, -0.2) is 18.2 Å². The van der Waals surface area contributed by atoms with Crippen LogP contribution < -0.4 is 4.90 Å². The number of nitrogens with zero attached hydrogens (tertiary/aromatic N) is 1. The zero-order valence-electron chi connectivity index (χ0n) is 10.5. The quantitative estimate of drug-likeness (QED) is 0.767. The number of aliphatic hydroxyl groups excluding tert-OH is 1. The first-order valence-electron chi connectivity index (χ1n) is 5.93. The first kappa shape index (κ1) is 13.7. The Labute approximate surface area is 102 Å². The highest BCUT2D eigenvalue weighted by Crippen LogP contribution is 2.23. The van der Waals surface area contributed by atoms with Gasteiger partial charge in [0.2, 0.25) is 0 Å². The van der Waals surface area contributed by atoms with E-state index in [1.54, 1.807) is 25.1 Å². The van der Waals surface area contributed by atoms with Gasteiger partial charge >= 0.3 is 0 Å². The number of rotatable bonds is 6. The van der Waals surface area contributed by atoms with Crippen LogP contribution in [0, 0.1) is 5.82 Å². The van der Waals surface area contributed by atoms with Crippen LogP contribution >= 0.6 is 0 Å². The lowest BCUT2D eigenvalue weighted by Gasteiger charge is -2.23. The fourth-order valence-corrected chi connectivity index (χ4v) is 1.78. The molecule has 1 aromatic carbocycles. The third-order valence-corrected chi connectivity index (χ3v) is 2.64. The predicted octanol–water partition coefficient (Wildman–Crippen LogP) is 3.28. The van der Waals surface area contributed by atoms with Gasteiger partial charge in [0.25, 0.3) is 0 Å². The van der Waals surface area contributed by atoms with Crippen LogP contribution in [-0.2, 0) is 0 Å². The lowest BCUT2D eigenvalue weighted by atomic mass is 10.1. The van der Waals surface area contributed by atoms with Gasteiger partial charge < -0.3 is 10.0 Å². The zero-order valence-corrected chi connectivity index (χ0v) is 10.5. The van der Waals surface area contributed by atoms with Crippen molar-refractivity contribution >= 4 is 5.69 Å². The molecule has 1 unspecified atom stereocenters. The summed E-state index contributed by atoms with van der Waals surface area (Å²) in [5.74, 6) is -0.293. The summed E-state index contributed by atoms with van der Waals surface area (Å²) in [6.07, 6.45) is 2.07. The molecule has 94 valence electrons. The van der Waals surface area contributed by atoms with E-state index in [2.05, 4.69) is 13.5 Å². The van der Waals surface area contributed by atoms with E-state index < -0.39 is 6.10 Å². The molecule has 0 bridgehead atoms. The summed E-state index contributed by atoms with van der Waals surface area (Å²) in [6.45, 7) is 8.77. The van der Waals surface area contributed by atoms with Crippen molar-refractivity contribution < 1.29 is 9.50 Å². The number of benzene rings is 1. The highest BCUT2D eigenvalue weighted by atomic mass is 19.1. The summed E-state index contributed by atoms with van der Waals surface area (Å²) < 4.78 is 13.9. The molecule has 0 saturated heterocycles. The Morgan fingerprint density at radius 3 is 2.71 bits per heavy atom. The van der Waals surface area contributed by atoms with E-state index in [9.17, 15) is 9.50 Å². The molecule has 2 nitrogen and oxygen atoms in total. The van der Waals surface area contributed by atoms with Crippen LogP contribution in [0.1, 0.15) is 31.9 Å². The van der Waals surface area contributed by atoms with Gasteiger partial charge in [-0.25, -0.2) is 4.39 Å². The molecule has 0 amide bonds. The third kappa shape index (κ3) is 3.56. The summed E-state index contributed by atoms with van der Waals surface area (Å²) in [6, 6.07) is 4.87. The van der Waals surface area contributed by atoms with Gasteiger partial charge in [0, 0.05) is 13.1 Å². The van der Waals surface area contributed by atoms with E-state index >= 15 is 0 Å². The van der Waals surface area contributed by atoms with Crippen LogP contribution in [0.4, 0.5) is 10.1 Å². The standard InChI is InChI=1S/C14H20FNO/c1-4-8-16(9-5-2)14-7-6-12(11(3)17)10-13(14)15/h4,6-7,10-11,17H,1,5,8-9H2,2-3H3. The predicted molar refractivity (Wildman–Crippen MR) is 69.7 cm³/mol. The molecule has 0 aliphatic carbocycles. The van der Waals surface area contributed by atoms with Gasteiger partial charge in [0.05, 0.1) is 11.8 Å². The topological polar surface area (TPSA) is 23.5 Å². The SMILES string of the molecule is C=CCN(CCC)c1ccc(C(C)O)cc1F. The van der Waals surface area contributed by atoms with Crippen molar-refractivity contribution in [1.82, 2.24) is 0 Å². The summed E-state index contributed by atoms with van der Waals surface area (Å²) in [4.78, 5) is 1.94. The second-order valence-electron chi connectivity index (χ2n) is 4.12. The van der Waals surface area contributed by atoms with Gasteiger partial charge in [-0.1, -0.05) is 19.1 Å². The highest BCUT2D eigenvalue weighted by molar-refractivity contribution is 5.50. The van der Waals surface area contributed by atoms with Crippen molar-refractivity contribution in [3.05, 3.63) is 42.2 Å². The van der Waals surface area contributed by atoms with E-state index in [-0.39, 0.29) is 5.82 Å². The highest BCUT2D eigenvalue weighted by Gasteiger charge is 2.11. The van der Waals surface area contributed by atoms with Crippen molar-refractivity contribution in [3.8, 4) is 0 Å². The van der Waals surface area contributed by atoms with E-state index in [1.807, 2.05) is 4.90 Å². The third-order valence-electron chi connectivity index (χ3n) is 2.64. The zero-order chi connectivity index (χ0) is 12.8. The van der Waals surface area contributed by atoms with Crippen LogP contribution in [0.3, 0.4) is 0 Å².